The van der Waals surface area contributed by atoms with Crippen LogP contribution in [0.25, 0.3) is 0 Å². The van der Waals surface area contributed by atoms with Gasteiger partial charge in [-0.05, 0) is 19.4 Å². The van der Waals surface area contributed by atoms with Gasteiger partial charge in [-0.25, -0.2) is 0 Å². The number of likely N-dealkylation sites (N-methyl/N-ethyl adjacent to an activating group) is 1. The van der Waals surface area contributed by atoms with E-state index in [-0.39, 0.29) is 12.1 Å². The zero-order chi connectivity index (χ0) is 14.7. The lowest BCUT2D eigenvalue weighted by Gasteiger charge is -2.39. The quantitative estimate of drug-likeness (QED) is 0.825. The molecule has 1 fully saturated rings. The summed E-state index contributed by atoms with van der Waals surface area (Å²) in [7, 11) is 0. The highest BCUT2D eigenvalue weighted by molar-refractivity contribution is 6.35. The maximum atomic E-state index is 12.3. The summed E-state index contributed by atoms with van der Waals surface area (Å²) in [6.45, 7) is 5.39. The fourth-order valence-electron chi connectivity index (χ4n) is 2.67. The first-order valence-electron chi connectivity index (χ1n) is 6.96. The van der Waals surface area contributed by atoms with Gasteiger partial charge in [0.25, 0.3) is 0 Å². The van der Waals surface area contributed by atoms with Gasteiger partial charge in [-0.2, -0.15) is 0 Å². The fraction of sp³-hybridized carbons (Fsp3) is 0.467. The Bertz CT molecular complexity index is 487. The molecule has 5 heteroatoms. The lowest BCUT2D eigenvalue weighted by Crippen LogP contribution is -2.57. The zero-order valence-electron chi connectivity index (χ0n) is 12.0. The summed E-state index contributed by atoms with van der Waals surface area (Å²) < 4.78 is 0. The van der Waals surface area contributed by atoms with Crippen LogP contribution in [0.15, 0.2) is 30.3 Å². The third kappa shape index (κ3) is 2.67. The van der Waals surface area contributed by atoms with Crippen molar-refractivity contribution in [2.75, 3.05) is 19.6 Å². The van der Waals surface area contributed by atoms with Crippen LogP contribution < -0.4 is 5.73 Å². The molecule has 0 aromatic heterocycles. The van der Waals surface area contributed by atoms with E-state index in [2.05, 4.69) is 0 Å². The van der Waals surface area contributed by atoms with Gasteiger partial charge in [0, 0.05) is 25.7 Å². The highest BCUT2D eigenvalue weighted by Crippen LogP contribution is 2.25. The van der Waals surface area contributed by atoms with Crippen LogP contribution in [0.2, 0.25) is 0 Å². The second-order valence-electron chi connectivity index (χ2n) is 5.10. The van der Waals surface area contributed by atoms with E-state index in [1.165, 1.54) is 0 Å². The number of hydrogen-bond acceptors (Lipinski definition) is 3. The minimum absolute atomic E-state index is 0.234. The van der Waals surface area contributed by atoms with Crippen LogP contribution in [-0.4, -0.2) is 47.3 Å². The summed E-state index contributed by atoms with van der Waals surface area (Å²) in [5, 5.41) is 0. The van der Waals surface area contributed by atoms with Crippen molar-refractivity contribution >= 4 is 11.8 Å². The molecule has 2 amide bonds. The number of nitrogens with zero attached hydrogens (tertiary/aromatic N) is 2. The zero-order valence-corrected chi connectivity index (χ0v) is 12.0. The Hall–Kier alpha value is -1.88. The van der Waals surface area contributed by atoms with Crippen LogP contribution in [0.3, 0.4) is 0 Å². The predicted molar refractivity (Wildman–Crippen MR) is 76.8 cm³/mol. The number of nitrogens with two attached hydrogens (primary N) is 1. The second-order valence-corrected chi connectivity index (χ2v) is 5.10. The molecule has 1 heterocycles. The summed E-state index contributed by atoms with van der Waals surface area (Å²) in [5.41, 5.74) is 7.02. The van der Waals surface area contributed by atoms with E-state index in [0.717, 1.165) is 5.56 Å². The molecule has 0 aliphatic carbocycles. The molecule has 20 heavy (non-hydrogen) atoms. The lowest BCUT2D eigenvalue weighted by molar-refractivity contribution is -0.158. The maximum absolute atomic E-state index is 12.3. The van der Waals surface area contributed by atoms with Gasteiger partial charge >= 0.3 is 11.8 Å². The van der Waals surface area contributed by atoms with Crippen LogP contribution in [0.5, 0.6) is 0 Å². The largest absolute Gasteiger partial charge is 0.333 e. The monoisotopic (exact) mass is 275 g/mol. The molecule has 0 radical (unpaired) electrons. The van der Waals surface area contributed by atoms with E-state index in [0.29, 0.717) is 19.6 Å². The molecule has 0 saturated carbocycles. The Labute approximate surface area is 119 Å². The van der Waals surface area contributed by atoms with Gasteiger partial charge in [0.05, 0.1) is 6.04 Å². The van der Waals surface area contributed by atoms with E-state index in [9.17, 15) is 9.59 Å². The number of piperazine rings is 1. The maximum Gasteiger partial charge on any atom is 0.312 e. The van der Waals surface area contributed by atoms with E-state index < -0.39 is 11.8 Å². The predicted octanol–water partition coefficient (Wildman–Crippen LogP) is 0.766. The van der Waals surface area contributed by atoms with E-state index in [4.69, 9.17) is 5.73 Å². The van der Waals surface area contributed by atoms with Crippen molar-refractivity contribution < 1.29 is 9.59 Å². The number of carbonyl (C=O) groups excluding carboxylic acids is 2. The minimum atomic E-state index is -0.454. The van der Waals surface area contributed by atoms with Crippen molar-refractivity contribution in [1.29, 1.82) is 0 Å². The molecule has 2 unspecified atom stereocenters. The Morgan fingerprint density at radius 1 is 1.15 bits per heavy atom. The third-order valence-corrected chi connectivity index (χ3v) is 3.70. The lowest BCUT2D eigenvalue weighted by atomic mass is 9.98. The van der Waals surface area contributed by atoms with Gasteiger partial charge < -0.3 is 15.5 Å². The number of hydrogen-bond donors (Lipinski definition) is 1. The first kappa shape index (κ1) is 14.5. The molecule has 2 rings (SSSR count). The average molecular weight is 275 g/mol. The van der Waals surface area contributed by atoms with Crippen molar-refractivity contribution in [2.45, 2.75) is 25.9 Å². The third-order valence-electron chi connectivity index (χ3n) is 3.70. The van der Waals surface area contributed by atoms with E-state index in [1.54, 1.807) is 9.80 Å². The van der Waals surface area contributed by atoms with Crippen LogP contribution in [-0.2, 0) is 9.59 Å². The Kier molecular flexibility index (Phi) is 4.39. The average Bonchev–Trinajstić information content (AvgIpc) is 2.45. The molecule has 0 spiro atoms. The SMILES string of the molecule is CCN1CCN(C(c2ccccc2)C(C)N)C(=O)C1=O. The number of rotatable bonds is 4. The molecule has 2 N–H and O–H groups in total. The minimum Gasteiger partial charge on any atom is -0.333 e. The normalized spacial score (nSPS) is 19.1. The molecule has 108 valence electrons. The highest BCUT2D eigenvalue weighted by Gasteiger charge is 2.37. The number of amides is 2. The van der Waals surface area contributed by atoms with Gasteiger partial charge in [-0.3, -0.25) is 9.59 Å². The van der Waals surface area contributed by atoms with Gasteiger partial charge in [-0.1, -0.05) is 30.3 Å². The second kappa shape index (κ2) is 6.05. The number of carbonyl (C=O) groups is 2. The molecular weight excluding hydrogens is 254 g/mol. The molecule has 1 aliphatic heterocycles. The molecule has 1 aliphatic rings. The van der Waals surface area contributed by atoms with Crippen molar-refractivity contribution in [3.8, 4) is 0 Å². The number of benzene rings is 1. The van der Waals surface area contributed by atoms with Crippen molar-refractivity contribution in [3.05, 3.63) is 35.9 Å². The van der Waals surface area contributed by atoms with E-state index in [1.807, 2.05) is 44.2 Å². The van der Waals surface area contributed by atoms with Gasteiger partial charge in [0.15, 0.2) is 0 Å². The molecular formula is C15H21N3O2. The Balaban J connectivity index is 2.28. The first-order valence-corrected chi connectivity index (χ1v) is 6.96. The summed E-state index contributed by atoms with van der Waals surface area (Å²) in [4.78, 5) is 27.5. The van der Waals surface area contributed by atoms with E-state index >= 15 is 0 Å². The summed E-state index contributed by atoms with van der Waals surface area (Å²) in [5.74, 6) is -0.885. The molecule has 0 bridgehead atoms. The first-order chi connectivity index (χ1) is 9.56. The summed E-state index contributed by atoms with van der Waals surface area (Å²) in [6.07, 6.45) is 0. The summed E-state index contributed by atoms with van der Waals surface area (Å²) in [6, 6.07) is 9.15. The van der Waals surface area contributed by atoms with Gasteiger partial charge in [0.2, 0.25) is 0 Å². The van der Waals surface area contributed by atoms with Crippen LogP contribution in [0, 0.1) is 0 Å². The van der Waals surface area contributed by atoms with Crippen LogP contribution >= 0.6 is 0 Å². The topological polar surface area (TPSA) is 66.6 Å². The van der Waals surface area contributed by atoms with Gasteiger partial charge in [-0.15, -0.1) is 0 Å². The smallest absolute Gasteiger partial charge is 0.312 e. The van der Waals surface area contributed by atoms with Crippen molar-refractivity contribution in [1.82, 2.24) is 9.80 Å². The fourth-order valence-corrected chi connectivity index (χ4v) is 2.67. The van der Waals surface area contributed by atoms with Crippen LogP contribution in [0.1, 0.15) is 25.5 Å². The molecule has 5 nitrogen and oxygen atoms in total. The Morgan fingerprint density at radius 2 is 1.80 bits per heavy atom. The van der Waals surface area contributed by atoms with Crippen molar-refractivity contribution in [2.24, 2.45) is 5.73 Å². The Morgan fingerprint density at radius 3 is 2.35 bits per heavy atom. The highest BCUT2D eigenvalue weighted by atomic mass is 16.2. The standard InChI is InChI=1S/C15H21N3O2/c1-3-17-9-10-18(15(20)14(17)19)13(11(2)16)12-7-5-4-6-8-12/h4-8,11,13H,3,9-10,16H2,1-2H3. The van der Waals surface area contributed by atoms with Crippen LogP contribution in [0.4, 0.5) is 0 Å². The molecule has 1 aromatic rings. The van der Waals surface area contributed by atoms with Crippen molar-refractivity contribution in [3.63, 3.8) is 0 Å². The molecule has 1 aromatic carbocycles. The van der Waals surface area contributed by atoms with Gasteiger partial charge in [0.1, 0.15) is 0 Å². The summed E-state index contributed by atoms with van der Waals surface area (Å²) >= 11 is 0. The molecule has 2 atom stereocenters. The molecule has 1 saturated heterocycles.